The molecule has 0 aliphatic carbocycles. The Kier molecular flexibility index (Phi) is 6.93. The van der Waals surface area contributed by atoms with Crippen molar-refractivity contribution < 1.29 is 18.3 Å². The lowest BCUT2D eigenvalue weighted by Gasteiger charge is -2.14. The molecular weight excluding hydrogens is 230 g/mol. The van der Waals surface area contributed by atoms with Crippen LogP contribution in [0.2, 0.25) is 0 Å². The predicted molar refractivity (Wildman–Crippen MR) is 61.5 cm³/mol. The fourth-order valence-electron chi connectivity index (χ4n) is 1.13. The predicted octanol–water partition coefficient (Wildman–Crippen LogP) is 1.36. The molecule has 0 fully saturated rings. The van der Waals surface area contributed by atoms with E-state index in [-0.39, 0.29) is 17.8 Å². The topological polar surface area (TPSA) is 41.6 Å². The molecule has 0 aromatic heterocycles. The maximum Gasteiger partial charge on any atom is 0.340 e. The Bertz CT molecular complexity index is 313. The highest BCUT2D eigenvalue weighted by molar-refractivity contribution is 5.93. The van der Waals surface area contributed by atoms with Crippen molar-refractivity contribution in [1.29, 1.82) is 0 Å². The Morgan fingerprint density at radius 1 is 1.47 bits per heavy atom. The summed E-state index contributed by atoms with van der Waals surface area (Å²) in [6.07, 6.45) is -0.345. The van der Waals surface area contributed by atoms with E-state index in [4.69, 9.17) is 4.74 Å². The van der Waals surface area contributed by atoms with Gasteiger partial charge in [-0.2, -0.15) is 0 Å². The maximum absolute atomic E-state index is 12.8. The molecule has 4 nitrogen and oxygen atoms in total. The molecule has 1 N–H and O–H groups in total. The molecule has 17 heavy (non-hydrogen) atoms. The van der Waals surface area contributed by atoms with Crippen LogP contribution in [0.4, 0.5) is 8.78 Å². The first-order valence-corrected chi connectivity index (χ1v) is 5.15. The summed E-state index contributed by atoms with van der Waals surface area (Å²) in [5.74, 6) is -0.761. The number of ether oxygens (including phenoxy) is 1. The van der Waals surface area contributed by atoms with Gasteiger partial charge in [-0.15, -0.1) is 0 Å². The molecule has 98 valence electrons. The van der Waals surface area contributed by atoms with Crippen LogP contribution in [0.1, 0.15) is 6.92 Å². The van der Waals surface area contributed by atoms with E-state index < -0.39 is 12.4 Å². The van der Waals surface area contributed by atoms with Gasteiger partial charge in [0.2, 0.25) is 0 Å². The smallest absolute Gasteiger partial charge is 0.340 e. The van der Waals surface area contributed by atoms with Crippen LogP contribution in [0, 0.1) is 0 Å². The number of rotatable bonds is 6. The van der Waals surface area contributed by atoms with E-state index in [1.807, 2.05) is 0 Å². The molecule has 0 amide bonds. The van der Waals surface area contributed by atoms with Gasteiger partial charge in [0.1, 0.15) is 0 Å². The molecule has 0 aromatic carbocycles. The van der Waals surface area contributed by atoms with Gasteiger partial charge in [-0.25, -0.2) is 13.6 Å². The van der Waals surface area contributed by atoms with Crippen LogP contribution in [-0.4, -0.2) is 45.0 Å². The summed E-state index contributed by atoms with van der Waals surface area (Å²) in [4.78, 5) is 13.1. The molecule has 0 radical (unpaired) electrons. The van der Waals surface area contributed by atoms with E-state index in [1.165, 1.54) is 18.1 Å². The highest BCUT2D eigenvalue weighted by atomic mass is 19.3. The lowest BCUT2D eigenvalue weighted by Crippen LogP contribution is -2.18. The number of nitrogens with zero attached hydrogens (tertiary/aromatic N) is 1. The van der Waals surface area contributed by atoms with E-state index >= 15 is 0 Å². The van der Waals surface area contributed by atoms with Crippen molar-refractivity contribution in [3.63, 3.8) is 0 Å². The van der Waals surface area contributed by atoms with Crippen LogP contribution >= 0.6 is 0 Å². The van der Waals surface area contributed by atoms with Crippen molar-refractivity contribution in [2.24, 2.45) is 0 Å². The van der Waals surface area contributed by atoms with Crippen molar-refractivity contribution >= 4 is 5.97 Å². The quantitative estimate of drug-likeness (QED) is 0.438. The Morgan fingerprint density at radius 2 is 2.06 bits per heavy atom. The molecule has 0 aromatic rings. The average molecular weight is 248 g/mol. The maximum atomic E-state index is 12.8. The number of hydrogen-bond acceptors (Lipinski definition) is 4. The molecule has 0 rings (SSSR count). The molecule has 0 aliphatic rings. The second-order valence-corrected chi connectivity index (χ2v) is 3.42. The van der Waals surface area contributed by atoms with Gasteiger partial charge in [0, 0.05) is 39.1 Å². The van der Waals surface area contributed by atoms with Gasteiger partial charge in [0.25, 0.3) is 6.43 Å². The van der Waals surface area contributed by atoms with Crippen LogP contribution in [0.5, 0.6) is 0 Å². The summed E-state index contributed by atoms with van der Waals surface area (Å²) >= 11 is 0. The van der Waals surface area contributed by atoms with Gasteiger partial charge >= 0.3 is 5.97 Å². The van der Waals surface area contributed by atoms with Gasteiger partial charge < -0.3 is 15.0 Å². The molecule has 0 saturated heterocycles. The van der Waals surface area contributed by atoms with Gasteiger partial charge in [-0.05, 0) is 6.92 Å². The second kappa shape index (κ2) is 7.65. The molecule has 0 unspecified atom stereocenters. The summed E-state index contributed by atoms with van der Waals surface area (Å²) in [6.45, 7) is 1.76. The first-order valence-electron chi connectivity index (χ1n) is 5.15. The van der Waals surface area contributed by atoms with Crippen molar-refractivity contribution in [3.05, 3.63) is 23.5 Å². The number of esters is 1. The van der Waals surface area contributed by atoms with E-state index in [0.29, 0.717) is 0 Å². The zero-order chi connectivity index (χ0) is 13.4. The third-order valence-electron chi connectivity index (χ3n) is 1.73. The van der Waals surface area contributed by atoms with Gasteiger partial charge in [-0.1, -0.05) is 0 Å². The summed E-state index contributed by atoms with van der Waals surface area (Å²) in [6, 6.07) is 0. The summed E-state index contributed by atoms with van der Waals surface area (Å²) < 4.78 is 30.4. The Labute approximate surface area is 99.9 Å². The minimum atomic E-state index is -2.75. The standard InChI is InChI=1S/C11H18F2N2O2/c1-5-17-11(16)9(7-15(3)4)8(6-14-2)10(12)13/h6-7,10,14H,5H2,1-4H3/b8-6?,9-7+. The van der Waals surface area contributed by atoms with Gasteiger partial charge in [0.15, 0.2) is 0 Å². The van der Waals surface area contributed by atoms with E-state index in [2.05, 4.69) is 5.32 Å². The van der Waals surface area contributed by atoms with Crippen molar-refractivity contribution in [1.82, 2.24) is 10.2 Å². The first-order chi connectivity index (χ1) is 7.93. The highest BCUT2D eigenvalue weighted by Crippen LogP contribution is 2.19. The number of alkyl halides is 2. The molecule has 6 heteroatoms. The Hall–Kier alpha value is -1.59. The summed E-state index contributed by atoms with van der Waals surface area (Å²) in [5.41, 5.74) is -0.541. The highest BCUT2D eigenvalue weighted by Gasteiger charge is 2.23. The van der Waals surface area contributed by atoms with E-state index in [0.717, 1.165) is 6.20 Å². The second-order valence-electron chi connectivity index (χ2n) is 3.42. The fraction of sp³-hybridized carbons (Fsp3) is 0.545. The van der Waals surface area contributed by atoms with E-state index in [1.54, 1.807) is 21.0 Å². The molecule has 0 spiro atoms. The summed E-state index contributed by atoms with van der Waals surface area (Å²) in [7, 11) is 4.77. The zero-order valence-electron chi connectivity index (χ0n) is 10.5. The SMILES string of the molecule is CCOC(=O)/C(=C/N(C)C)C(=CNC)C(F)F. The number of nitrogens with one attached hydrogen (secondary N) is 1. The van der Waals surface area contributed by atoms with Gasteiger partial charge in [0.05, 0.1) is 12.2 Å². The van der Waals surface area contributed by atoms with Gasteiger partial charge in [-0.3, -0.25) is 0 Å². The lowest BCUT2D eigenvalue weighted by molar-refractivity contribution is -0.138. The number of hydrogen-bond donors (Lipinski definition) is 1. The molecule has 0 bridgehead atoms. The number of carbonyl (C=O) groups is 1. The number of carbonyl (C=O) groups excluding carboxylic acids is 1. The monoisotopic (exact) mass is 248 g/mol. The summed E-state index contributed by atoms with van der Waals surface area (Å²) in [5, 5.41) is 2.49. The van der Waals surface area contributed by atoms with Crippen LogP contribution in [0.3, 0.4) is 0 Å². The third-order valence-corrected chi connectivity index (χ3v) is 1.73. The van der Waals surface area contributed by atoms with Crippen LogP contribution in [-0.2, 0) is 9.53 Å². The zero-order valence-corrected chi connectivity index (χ0v) is 10.5. The Morgan fingerprint density at radius 3 is 2.41 bits per heavy atom. The molecule has 0 heterocycles. The molecule has 0 saturated carbocycles. The van der Waals surface area contributed by atoms with Crippen molar-refractivity contribution in [3.8, 4) is 0 Å². The first kappa shape index (κ1) is 15.4. The average Bonchev–Trinajstić information content (AvgIpc) is 2.22. The number of halogens is 2. The molecule has 0 aliphatic heterocycles. The molecular formula is C11H18F2N2O2. The largest absolute Gasteiger partial charge is 0.462 e. The Balaban J connectivity index is 5.29. The van der Waals surface area contributed by atoms with Crippen LogP contribution < -0.4 is 5.32 Å². The third kappa shape index (κ3) is 5.33. The van der Waals surface area contributed by atoms with Crippen LogP contribution in [0.15, 0.2) is 23.5 Å². The minimum Gasteiger partial charge on any atom is -0.462 e. The normalized spacial score (nSPS) is 12.6. The van der Waals surface area contributed by atoms with Crippen molar-refractivity contribution in [2.75, 3.05) is 27.7 Å². The van der Waals surface area contributed by atoms with E-state index in [9.17, 15) is 13.6 Å². The van der Waals surface area contributed by atoms with Crippen molar-refractivity contribution in [2.45, 2.75) is 13.3 Å². The van der Waals surface area contributed by atoms with Crippen LogP contribution in [0.25, 0.3) is 0 Å². The lowest BCUT2D eigenvalue weighted by atomic mass is 10.1. The molecule has 0 atom stereocenters. The fourth-order valence-corrected chi connectivity index (χ4v) is 1.13. The minimum absolute atomic E-state index is 0.139.